The molecule has 9 heavy (non-hydrogen) atoms. The third kappa shape index (κ3) is 1.15. The molecule has 1 atom stereocenters. The van der Waals surface area contributed by atoms with Crippen LogP contribution in [0.1, 0.15) is 19.8 Å². The molecule has 0 bridgehead atoms. The van der Waals surface area contributed by atoms with Crippen molar-refractivity contribution in [3.63, 3.8) is 0 Å². The van der Waals surface area contributed by atoms with Gasteiger partial charge in [-0.2, -0.15) is 0 Å². The molecule has 1 fully saturated rings. The summed E-state index contributed by atoms with van der Waals surface area (Å²) in [7, 11) is 0. The number of hydrogen-bond donors (Lipinski definition) is 2. The van der Waals surface area contributed by atoms with Crippen LogP contribution in [-0.4, -0.2) is 23.4 Å². The van der Waals surface area contributed by atoms with Crippen LogP contribution in [0.3, 0.4) is 0 Å². The molecule has 0 radical (unpaired) electrons. The summed E-state index contributed by atoms with van der Waals surface area (Å²) in [6.07, 6.45) is 2.36. The van der Waals surface area contributed by atoms with E-state index in [0.29, 0.717) is 6.04 Å². The second-order valence-electron chi connectivity index (χ2n) is 2.57. The Kier molecular flexibility index (Phi) is 1.60. The lowest BCUT2D eigenvalue weighted by Gasteiger charge is -2.20. The first-order valence-corrected chi connectivity index (χ1v) is 3.32. The van der Waals surface area contributed by atoms with Crippen molar-refractivity contribution in [3.05, 3.63) is 0 Å². The molecular weight excluding hydrogens is 114 g/mol. The van der Waals surface area contributed by atoms with Gasteiger partial charge in [-0.15, -0.1) is 0 Å². The van der Waals surface area contributed by atoms with Gasteiger partial charge in [-0.05, 0) is 19.8 Å². The van der Waals surface area contributed by atoms with E-state index >= 15 is 0 Å². The molecule has 1 heterocycles. The van der Waals surface area contributed by atoms with Gasteiger partial charge in [0.1, 0.15) is 0 Å². The molecule has 3 nitrogen and oxygen atoms in total. The highest BCUT2D eigenvalue weighted by Gasteiger charge is 2.20. The largest absolute Gasteiger partial charge is 0.370 e. The maximum Gasteiger partial charge on any atom is 0.188 e. The van der Waals surface area contributed by atoms with Crippen LogP contribution < -0.4 is 5.73 Å². The van der Waals surface area contributed by atoms with Gasteiger partial charge in [-0.1, -0.05) is 0 Å². The minimum atomic E-state index is 0.222. The zero-order valence-electron chi connectivity index (χ0n) is 5.72. The van der Waals surface area contributed by atoms with Gasteiger partial charge in [0.25, 0.3) is 0 Å². The van der Waals surface area contributed by atoms with Crippen LogP contribution >= 0.6 is 0 Å². The number of rotatable bonds is 0. The van der Waals surface area contributed by atoms with Gasteiger partial charge in [0.15, 0.2) is 5.96 Å². The topological polar surface area (TPSA) is 53.1 Å². The fraction of sp³-hybridized carbons (Fsp3) is 0.833. The fourth-order valence-corrected chi connectivity index (χ4v) is 1.29. The van der Waals surface area contributed by atoms with Crippen molar-refractivity contribution in [2.45, 2.75) is 25.8 Å². The second-order valence-corrected chi connectivity index (χ2v) is 2.57. The molecule has 1 aliphatic heterocycles. The summed E-state index contributed by atoms with van der Waals surface area (Å²) in [6.45, 7) is 3.07. The van der Waals surface area contributed by atoms with Crippen LogP contribution in [0.5, 0.6) is 0 Å². The first kappa shape index (κ1) is 6.39. The Morgan fingerprint density at radius 2 is 2.44 bits per heavy atom. The molecule has 0 spiro atoms. The van der Waals surface area contributed by atoms with Crippen molar-refractivity contribution in [3.8, 4) is 0 Å². The first-order chi connectivity index (χ1) is 4.22. The number of likely N-dealkylation sites (tertiary alicyclic amines) is 1. The standard InChI is InChI=1S/C6H13N3/c1-5-3-2-4-9(5)6(7)8/h5H,2-4H2,1H3,(H3,7,8). The van der Waals surface area contributed by atoms with Crippen LogP contribution in [0.15, 0.2) is 0 Å². The van der Waals surface area contributed by atoms with E-state index in [2.05, 4.69) is 6.92 Å². The molecule has 0 aromatic carbocycles. The van der Waals surface area contributed by atoms with Gasteiger partial charge in [-0.3, -0.25) is 5.41 Å². The quantitative estimate of drug-likeness (QED) is 0.365. The number of nitrogens with zero attached hydrogens (tertiary/aromatic N) is 1. The molecule has 1 rings (SSSR count). The summed E-state index contributed by atoms with van der Waals surface area (Å²) in [5, 5.41) is 7.13. The lowest BCUT2D eigenvalue weighted by molar-refractivity contribution is 0.408. The lowest BCUT2D eigenvalue weighted by atomic mass is 10.2. The molecule has 0 saturated carbocycles. The van der Waals surface area contributed by atoms with Gasteiger partial charge in [0.2, 0.25) is 0 Å². The van der Waals surface area contributed by atoms with E-state index in [1.165, 1.54) is 12.8 Å². The predicted octanol–water partition coefficient (Wildman–Crippen LogP) is 0.364. The Bertz CT molecular complexity index is 121. The third-order valence-electron chi connectivity index (χ3n) is 1.86. The average Bonchev–Trinajstić information content (AvgIpc) is 2.13. The molecule has 1 aliphatic rings. The van der Waals surface area contributed by atoms with Crippen LogP contribution in [-0.2, 0) is 0 Å². The molecule has 0 aromatic rings. The first-order valence-electron chi connectivity index (χ1n) is 3.32. The summed E-state index contributed by atoms with van der Waals surface area (Å²) in [4.78, 5) is 1.93. The Balaban J connectivity index is 2.49. The van der Waals surface area contributed by atoms with Gasteiger partial charge < -0.3 is 10.6 Å². The molecular formula is C6H13N3. The Labute approximate surface area is 55.3 Å². The van der Waals surface area contributed by atoms with E-state index in [9.17, 15) is 0 Å². The average molecular weight is 127 g/mol. The van der Waals surface area contributed by atoms with E-state index in [1.54, 1.807) is 0 Å². The van der Waals surface area contributed by atoms with Crippen molar-refractivity contribution in [2.24, 2.45) is 5.73 Å². The van der Waals surface area contributed by atoms with Crippen molar-refractivity contribution in [1.82, 2.24) is 4.90 Å². The molecule has 3 heteroatoms. The van der Waals surface area contributed by atoms with E-state index < -0.39 is 0 Å². The van der Waals surface area contributed by atoms with Crippen LogP contribution in [0.2, 0.25) is 0 Å². The van der Waals surface area contributed by atoms with Gasteiger partial charge in [0, 0.05) is 12.6 Å². The molecule has 0 aromatic heterocycles. The fourth-order valence-electron chi connectivity index (χ4n) is 1.29. The normalized spacial score (nSPS) is 26.8. The van der Waals surface area contributed by atoms with Gasteiger partial charge in [-0.25, -0.2) is 0 Å². The highest BCUT2D eigenvalue weighted by Crippen LogP contribution is 2.14. The highest BCUT2D eigenvalue weighted by atomic mass is 15.3. The van der Waals surface area contributed by atoms with Crippen LogP contribution in [0.25, 0.3) is 0 Å². The molecule has 0 amide bonds. The predicted molar refractivity (Wildman–Crippen MR) is 37.3 cm³/mol. The SMILES string of the molecule is CC1CCCN1C(=N)N. The highest BCUT2D eigenvalue weighted by molar-refractivity contribution is 5.75. The van der Waals surface area contributed by atoms with Gasteiger partial charge >= 0.3 is 0 Å². The summed E-state index contributed by atoms with van der Waals surface area (Å²) in [5.74, 6) is 0.222. The minimum absolute atomic E-state index is 0.222. The third-order valence-corrected chi connectivity index (χ3v) is 1.86. The van der Waals surface area contributed by atoms with Crippen molar-refractivity contribution >= 4 is 5.96 Å². The Morgan fingerprint density at radius 3 is 2.67 bits per heavy atom. The zero-order chi connectivity index (χ0) is 6.85. The van der Waals surface area contributed by atoms with Crippen LogP contribution in [0.4, 0.5) is 0 Å². The van der Waals surface area contributed by atoms with Crippen molar-refractivity contribution in [1.29, 1.82) is 5.41 Å². The van der Waals surface area contributed by atoms with Gasteiger partial charge in [0.05, 0.1) is 0 Å². The summed E-state index contributed by atoms with van der Waals surface area (Å²) < 4.78 is 0. The van der Waals surface area contributed by atoms with E-state index in [0.717, 1.165) is 6.54 Å². The maximum absolute atomic E-state index is 7.13. The van der Waals surface area contributed by atoms with E-state index in [1.807, 2.05) is 4.90 Å². The lowest BCUT2D eigenvalue weighted by Crippen LogP contribution is -2.38. The van der Waals surface area contributed by atoms with E-state index in [-0.39, 0.29) is 5.96 Å². The molecule has 0 aliphatic carbocycles. The van der Waals surface area contributed by atoms with Crippen molar-refractivity contribution in [2.75, 3.05) is 6.54 Å². The second kappa shape index (κ2) is 2.25. The number of hydrogen-bond acceptors (Lipinski definition) is 1. The monoisotopic (exact) mass is 127 g/mol. The number of nitrogens with one attached hydrogen (secondary N) is 1. The molecule has 1 unspecified atom stereocenters. The minimum Gasteiger partial charge on any atom is -0.370 e. The van der Waals surface area contributed by atoms with Crippen LogP contribution in [0, 0.1) is 5.41 Å². The summed E-state index contributed by atoms with van der Waals surface area (Å²) >= 11 is 0. The number of nitrogens with two attached hydrogens (primary N) is 1. The zero-order valence-corrected chi connectivity index (χ0v) is 5.72. The molecule has 1 saturated heterocycles. The number of guanidine groups is 1. The molecule has 52 valence electrons. The maximum atomic E-state index is 7.13. The van der Waals surface area contributed by atoms with E-state index in [4.69, 9.17) is 11.1 Å². The molecule has 3 N–H and O–H groups in total. The Hall–Kier alpha value is -0.730. The summed E-state index contributed by atoms with van der Waals surface area (Å²) in [5.41, 5.74) is 5.30. The smallest absolute Gasteiger partial charge is 0.188 e. The summed E-state index contributed by atoms with van der Waals surface area (Å²) in [6, 6.07) is 0.488. The van der Waals surface area contributed by atoms with Crippen molar-refractivity contribution < 1.29 is 0 Å². The Morgan fingerprint density at radius 1 is 1.78 bits per heavy atom.